The van der Waals surface area contributed by atoms with Gasteiger partial charge in [-0.25, -0.2) is 9.97 Å². The SMILES string of the molecule is COc1cc(/C=N\Nc2ncnc3sc(C)c(C)c23)cc([N+](=O)[O-])c1O. The molecule has 0 saturated heterocycles. The molecule has 0 saturated carbocycles. The first-order valence-electron chi connectivity index (χ1n) is 7.47. The summed E-state index contributed by atoms with van der Waals surface area (Å²) in [5, 5.41) is 25.8. The number of methoxy groups -OCH3 is 1. The molecule has 26 heavy (non-hydrogen) atoms. The van der Waals surface area contributed by atoms with Crippen LogP contribution in [0.2, 0.25) is 0 Å². The zero-order chi connectivity index (χ0) is 18.8. The van der Waals surface area contributed by atoms with Gasteiger partial charge in [-0.05, 0) is 25.5 Å². The molecule has 9 nitrogen and oxygen atoms in total. The van der Waals surface area contributed by atoms with Crippen molar-refractivity contribution in [1.29, 1.82) is 0 Å². The molecule has 0 fully saturated rings. The van der Waals surface area contributed by atoms with E-state index in [1.807, 2.05) is 13.8 Å². The summed E-state index contributed by atoms with van der Waals surface area (Å²) >= 11 is 1.57. The molecule has 0 unspecified atom stereocenters. The Bertz CT molecular complexity index is 1030. The Hall–Kier alpha value is -3.27. The minimum absolute atomic E-state index is 0.00520. The number of nitrogens with zero attached hydrogens (tertiary/aromatic N) is 4. The molecule has 0 spiro atoms. The molecule has 2 N–H and O–H groups in total. The Morgan fingerprint density at radius 2 is 2.15 bits per heavy atom. The summed E-state index contributed by atoms with van der Waals surface area (Å²) in [7, 11) is 1.32. The third kappa shape index (κ3) is 3.14. The molecule has 2 heterocycles. The lowest BCUT2D eigenvalue weighted by atomic mass is 10.2. The summed E-state index contributed by atoms with van der Waals surface area (Å²) in [4.78, 5) is 20.8. The number of hydrogen-bond donors (Lipinski definition) is 2. The molecule has 0 aliphatic heterocycles. The summed E-state index contributed by atoms with van der Waals surface area (Å²) in [5.41, 5.74) is 3.85. The number of phenolic OH excluding ortho intramolecular Hbond substituents is 1. The number of ether oxygens (including phenoxy) is 1. The lowest BCUT2D eigenvalue weighted by Crippen LogP contribution is -1.97. The van der Waals surface area contributed by atoms with Crippen molar-refractivity contribution < 1.29 is 14.8 Å². The Labute approximate surface area is 152 Å². The van der Waals surface area contributed by atoms with Gasteiger partial charge in [-0.15, -0.1) is 11.3 Å². The number of aromatic hydroxyl groups is 1. The van der Waals surface area contributed by atoms with Crippen molar-refractivity contribution in [3.8, 4) is 11.5 Å². The number of nitro benzene ring substituents is 1. The van der Waals surface area contributed by atoms with Crippen LogP contribution in [0.15, 0.2) is 23.6 Å². The first-order valence-corrected chi connectivity index (χ1v) is 8.29. The molecule has 0 aliphatic carbocycles. The van der Waals surface area contributed by atoms with Gasteiger partial charge in [0.1, 0.15) is 11.2 Å². The highest BCUT2D eigenvalue weighted by Crippen LogP contribution is 2.36. The van der Waals surface area contributed by atoms with Gasteiger partial charge in [-0.3, -0.25) is 15.5 Å². The van der Waals surface area contributed by atoms with Gasteiger partial charge in [0.2, 0.25) is 5.75 Å². The van der Waals surface area contributed by atoms with E-state index in [-0.39, 0.29) is 5.75 Å². The summed E-state index contributed by atoms with van der Waals surface area (Å²) in [5.74, 6) is 0.0206. The average molecular weight is 373 g/mol. The molecule has 0 bridgehead atoms. The quantitative estimate of drug-likeness (QED) is 0.399. The van der Waals surface area contributed by atoms with Gasteiger partial charge < -0.3 is 9.84 Å². The van der Waals surface area contributed by atoms with Crippen LogP contribution in [-0.2, 0) is 0 Å². The van der Waals surface area contributed by atoms with Crippen LogP contribution in [0.1, 0.15) is 16.0 Å². The molecular formula is C16H15N5O4S. The molecule has 0 atom stereocenters. The smallest absolute Gasteiger partial charge is 0.315 e. The molecule has 134 valence electrons. The highest BCUT2D eigenvalue weighted by Gasteiger charge is 2.19. The number of aromatic nitrogens is 2. The molecular weight excluding hydrogens is 358 g/mol. The average Bonchev–Trinajstić information content (AvgIpc) is 2.91. The third-order valence-corrected chi connectivity index (χ3v) is 4.96. The number of anilines is 1. The zero-order valence-corrected chi connectivity index (χ0v) is 15.0. The first-order chi connectivity index (χ1) is 12.4. The molecule has 10 heteroatoms. The van der Waals surface area contributed by atoms with E-state index in [1.54, 1.807) is 11.3 Å². The molecule has 1 aromatic carbocycles. The van der Waals surface area contributed by atoms with Gasteiger partial charge in [0, 0.05) is 16.5 Å². The van der Waals surface area contributed by atoms with Gasteiger partial charge in [0.15, 0.2) is 11.6 Å². The Morgan fingerprint density at radius 3 is 2.85 bits per heavy atom. The summed E-state index contributed by atoms with van der Waals surface area (Å²) in [6.07, 6.45) is 2.83. The van der Waals surface area contributed by atoms with E-state index in [9.17, 15) is 15.2 Å². The van der Waals surface area contributed by atoms with Crippen LogP contribution >= 0.6 is 11.3 Å². The lowest BCUT2D eigenvalue weighted by molar-refractivity contribution is -0.386. The normalized spacial score (nSPS) is 11.2. The number of nitro groups is 1. The lowest BCUT2D eigenvalue weighted by Gasteiger charge is -2.05. The summed E-state index contributed by atoms with van der Waals surface area (Å²) in [6.45, 7) is 4.00. The van der Waals surface area contributed by atoms with Gasteiger partial charge in [0.05, 0.1) is 23.6 Å². The predicted molar refractivity (Wildman–Crippen MR) is 99.4 cm³/mol. The molecule has 3 aromatic rings. The van der Waals surface area contributed by atoms with Crippen molar-refractivity contribution in [3.63, 3.8) is 0 Å². The van der Waals surface area contributed by atoms with Crippen molar-refractivity contribution in [2.24, 2.45) is 5.10 Å². The van der Waals surface area contributed by atoms with Crippen molar-refractivity contribution >= 4 is 39.3 Å². The molecule has 0 radical (unpaired) electrons. The number of benzene rings is 1. The molecule has 0 aliphatic rings. The maximum atomic E-state index is 11.0. The monoisotopic (exact) mass is 373 g/mol. The fourth-order valence-corrected chi connectivity index (χ4v) is 3.42. The van der Waals surface area contributed by atoms with Crippen molar-refractivity contribution in [2.45, 2.75) is 13.8 Å². The van der Waals surface area contributed by atoms with Crippen LogP contribution in [0, 0.1) is 24.0 Å². The number of hydrazone groups is 1. The van der Waals surface area contributed by atoms with E-state index in [0.717, 1.165) is 20.7 Å². The molecule has 2 aromatic heterocycles. The van der Waals surface area contributed by atoms with Crippen LogP contribution in [-0.4, -0.2) is 33.3 Å². The Kier molecular flexibility index (Phi) is 4.67. The highest BCUT2D eigenvalue weighted by atomic mass is 32.1. The van der Waals surface area contributed by atoms with Crippen LogP contribution < -0.4 is 10.2 Å². The fourth-order valence-electron chi connectivity index (χ4n) is 2.42. The van der Waals surface area contributed by atoms with E-state index in [2.05, 4.69) is 20.5 Å². The van der Waals surface area contributed by atoms with Crippen LogP contribution in [0.4, 0.5) is 11.5 Å². The minimum Gasteiger partial charge on any atom is -0.500 e. The van der Waals surface area contributed by atoms with Crippen LogP contribution in [0.5, 0.6) is 11.5 Å². The summed E-state index contributed by atoms with van der Waals surface area (Å²) < 4.78 is 4.96. The number of nitrogens with one attached hydrogen (secondary N) is 1. The van der Waals surface area contributed by atoms with Crippen molar-refractivity contribution in [2.75, 3.05) is 12.5 Å². The largest absolute Gasteiger partial charge is 0.500 e. The third-order valence-electron chi connectivity index (χ3n) is 3.84. The van der Waals surface area contributed by atoms with E-state index in [4.69, 9.17) is 4.74 Å². The Morgan fingerprint density at radius 1 is 1.38 bits per heavy atom. The van der Waals surface area contributed by atoms with Gasteiger partial charge >= 0.3 is 5.69 Å². The van der Waals surface area contributed by atoms with Crippen molar-refractivity contribution in [1.82, 2.24) is 9.97 Å². The number of thiophene rings is 1. The predicted octanol–water partition coefficient (Wildman–Crippen LogP) is 3.38. The highest BCUT2D eigenvalue weighted by molar-refractivity contribution is 7.18. The standard InChI is InChI=1S/C16H15N5O4S/c1-8-9(2)26-16-13(8)15(17-7-18-16)20-19-6-10-4-11(21(23)24)14(22)12(5-10)25-3/h4-7,22H,1-3H3,(H,17,18,20)/b19-6-. The number of rotatable bonds is 5. The topological polar surface area (TPSA) is 123 Å². The number of fused-ring (bicyclic) bond motifs is 1. The van der Waals surface area contributed by atoms with Crippen LogP contribution in [0.25, 0.3) is 10.2 Å². The van der Waals surface area contributed by atoms with E-state index < -0.39 is 16.4 Å². The van der Waals surface area contributed by atoms with E-state index >= 15 is 0 Å². The van der Waals surface area contributed by atoms with E-state index in [0.29, 0.717) is 11.4 Å². The first kappa shape index (κ1) is 17.5. The maximum Gasteiger partial charge on any atom is 0.315 e. The number of hydrogen-bond acceptors (Lipinski definition) is 9. The molecule has 0 amide bonds. The number of phenols is 1. The fraction of sp³-hybridized carbons (Fsp3) is 0.188. The second-order valence-corrected chi connectivity index (χ2v) is 6.61. The maximum absolute atomic E-state index is 11.0. The van der Waals surface area contributed by atoms with Crippen molar-refractivity contribution in [3.05, 3.63) is 44.6 Å². The van der Waals surface area contributed by atoms with E-state index in [1.165, 1.54) is 31.8 Å². The van der Waals surface area contributed by atoms with Gasteiger partial charge in [-0.1, -0.05) is 0 Å². The summed E-state index contributed by atoms with van der Waals surface area (Å²) in [6, 6.07) is 2.65. The molecule has 3 rings (SSSR count). The Balaban J connectivity index is 1.92. The second-order valence-electron chi connectivity index (χ2n) is 5.40. The van der Waals surface area contributed by atoms with Gasteiger partial charge in [-0.2, -0.15) is 5.10 Å². The minimum atomic E-state index is -0.686. The van der Waals surface area contributed by atoms with Crippen LogP contribution in [0.3, 0.4) is 0 Å². The zero-order valence-electron chi connectivity index (χ0n) is 14.2. The van der Waals surface area contributed by atoms with Gasteiger partial charge in [0.25, 0.3) is 0 Å². The second kappa shape index (κ2) is 6.92. The number of aryl methyl sites for hydroxylation is 2.